The van der Waals surface area contributed by atoms with E-state index in [4.69, 9.17) is 4.74 Å². The highest BCUT2D eigenvalue weighted by atomic mass is 32.2. The summed E-state index contributed by atoms with van der Waals surface area (Å²) < 4.78 is 18.0. The number of halogens is 1. The molecule has 0 heterocycles. The third kappa shape index (κ3) is 11.3. The average Bonchev–Trinajstić information content (AvgIpc) is 2.34. The minimum atomic E-state index is -0.748. The highest BCUT2D eigenvalue weighted by Gasteiger charge is 2.20. The zero-order valence-electron chi connectivity index (χ0n) is 12.8. The van der Waals surface area contributed by atoms with Crippen LogP contribution in [0.4, 0.5) is 4.39 Å². The number of rotatable bonds is 11. The van der Waals surface area contributed by atoms with Crippen molar-refractivity contribution in [2.75, 3.05) is 12.4 Å². The summed E-state index contributed by atoms with van der Waals surface area (Å²) in [6.07, 6.45) is 3.63. The van der Waals surface area contributed by atoms with E-state index in [0.29, 0.717) is 18.9 Å². The van der Waals surface area contributed by atoms with Gasteiger partial charge in [0.2, 0.25) is 0 Å². The third-order valence-corrected chi connectivity index (χ3v) is 4.06. The van der Waals surface area contributed by atoms with Crippen molar-refractivity contribution in [3.8, 4) is 0 Å². The van der Waals surface area contributed by atoms with Gasteiger partial charge in [-0.15, -0.1) is 11.8 Å². The molecule has 0 fully saturated rings. The van der Waals surface area contributed by atoms with Crippen LogP contribution in [-0.4, -0.2) is 29.8 Å². The minimum Gasteiger partial charge on any atom is -0.465 e. The van der Waals surface area contributed by atoms with Crippen molar-refractivity contribution in [1.29, 1.82) is 0 Å². The summed E-state index contributed by atoms with van der Waals surface area (Å²) in [6.45, 7) is 8.25. The minimum absolute atomic E-state index is 0.0754. The first-order valence-electron chi connectivity index (χ1n) is 7.39. The van der Waals surface area contributed by atoms with E-state index < -0.39 is 6.17 Å². The molecule has 2 unspecified atom stereocenters. The molecule has 2 atom stereocenters. The van der Waals surface area contributed by atoms with Gasteiger partial charge in [0.1, 0.15) is 5.25 Å². The first-order chi connectivity index (χ1) is 8.97. The van der Waals surface area contributed by atoms with Crippen LogP contribution in [0.5, 0.6) is 0 Å². The fraction of sp³-hybridized carbons (Fsp3) is 0.933. The first-order valence-corrected chi connectivity index (χ1v) is 8.44. The number of hydrogen-bond donors (Lipinski definition) is 0. The SMILES string of the molecule is CCCCC(SCCCC(C)F)C(=O)OCC(C)C. The van der Waals surface area contributed by atoms with Crippen LogP contribution in [0.1, 0.15) is 59.8 Å². The van der Waals surface area contributed by atoms with Crippen LogP contribution in [-0.2, 0) is 9.53 Å². The normalized spacial score (nSPS) is 14.4. The van der Waals surface area contributed by atoms with Gasteiger partial charge in [-0.2, -0.15) is 0 Å². The Morgan fingerprint density at radius 2 is 1.89 bits per heavy atom. The Bertz CT molecular complexity index is 232. The van der Waals surface area contributed by atoms with Gasteiger partial charge in [-0.1, -0.05) is 33.6 Å². The Morgan fingerprint density at radius 3 is 2.42 bits per heavy atom. The number of ether oxygens (including phenoxy) is 1. The summed E-state index contributed by atoms with van der Waals surface area (Å²) in [5, 5.41) is -0.0754. The molecule has 0 radical (unpaired) electrons. The summed E-state index contributed by atoms with van der Waals surface area (Å²) in [5.41, 5.74) is 0. The fourth-order valence-corrected chi connectivity index (χ4v) is 2.75. The van der Waals surface area contributed by atoms with Crippen LogP contribution in [0.15, 0.2) is 0 Å². The molecule has 19 heavy (non-hydrogen) atoms. The Labute approximate surface area is 121 Å². The van der Waals surface area contributed by atoms with E-state index in [0.717, 1.165) is 31.4 Å². The van der Waals surface area contributed by atoms with E-state index in [1.807, 2.05) is 13.8 Å². The van der Waals surface area contributed by atoms with Gasteiger partial charge >= 0.3 is 5.97 Å². The van der Waals surface area contributed by atoms with Crippen molar-refractivity contribution in [3.05, 3.63) is 0 Å². The van der Waals surface area contributed by atoms with Gasteiger partial charge in [-0.3, -0.25) is 4.79 Å². The molecule has 0 aliphatic rings. The molecule has 0 bridgehead atoms. The van der Waals surface area contributed by atoms with Gasteiger partial charge in [0.25, 0.3) is 0 Å². The van der Waals surface area contributed by atoms with E-state index >= 15 is 0 Å². The van der Waals surface area contributed by atoms with Crippen LogP contribution in [0.25, 0.3) is 0 Å². The van der Waals surface area contributed by atoms with E-state index in [2.05, 4.69) is 6.92 Å². The molecule has 0 aromatic carbocycles. The summed E-state index contributed by atoms with van der Waals surface area (Å²) >= 11 is 1.62. The third-order valence-electron chi connectivity index (χ3n) is 2.71. The van der Waals surface area contributed by atoms with Gasteiger partial charge in [-0.05, 0) is 37.9 Å². The Balaban J connectivity index is 4.02. The second kappa shape index (κ2) is 11.6. The van der Waals surface area contributed by atoms with Gasteiger partial charge in [0, 0.05) is 0 Å². The lowest BCUT2D eigenvalue weighted by atomic mass is 10.2. The number of carbonyl (C=O) groups excluding carboxylic acids is 1. The lowest BCUT2D eigenvalue weighted by Gasteiger charge is -2.16. The van der Waals surface area contributed by atoms with Gasteiger partial charge in [0.05, 0.1) is 12.8 Å². The maximum absolute atomic E-state index is 12.7. The second-order valence-corrected chi connectivity index (χ2v) is 6.76. The molecule has 0 aliphatic carbocycles. The van der Waals surface area contributed by atoms with E-state index in [-0.39, 0.29) is 11.2 Å². The highest BCUT2D eigenvalue weighted by Crippen LogP contribution is 2.21. The van der Waals surface area contributed by atoms with Crippen molar-refractivity contribution in [1.82, 2.24) is 0 Å². The van der Waals surface area contributed by atoms with E-state index in [1.165, 1.54) is 0 Å². The Kier molecular flexibility index (Phi) is 11.4. The van der Waals surface area contributed by atoms with E-state index in [1.54, 1.807) is 18.7 Å². The number of thioether (sulfide) groups is 1. The second-order valence-electron chi connectivity index (χ2n) is 5.45. The molecule has 2 nitrogen and oxygen atoms in total. The Morgan fingerprint density at radius 1 is 1.21 bits per heavy atom. The van der Waals surface area contributed by atoms with Crippen molar-refractivity contribution in [2.24, 2.45) is 5.92 Å². The van der Waals surface area contributed by atoms with Crippen molar-refractivity contribution in [2.45, 2.75) is 71.2 Å². The molecule has 0 aromatic heterocycles. The lowest BCUT2D eigenvalue weighted by Crippen LogP contribution is -2.22. The van der Waals surface area contributed by atoms with Gasteiger partial charge in [-0.25, -0.2) is 4.39 Å². The predicted octanol–water partition coefficient (Wildman–Crippen LogP) is 4.62. The number of esters is 1. The topological polar surface area (TPSA) is 26.3 Å². The van der Waals surface area contributed by atoms with Crippen molar-refractivity contribution >= 4 is 17.7 Å². The van der Waals surface area contributed by atoms with Gasteiger partial charge in [0.15, 0.2) is 0 Å². The van der Waals surface area contributed by atoms with Gasteiger partial charge < -0.3 is 4.74 Å². The quantitative estimate of drug-likeness (QED) is 0.411. The first kappa shape index (κ1) is 18.8. The fourth-order valence-electron chi connectivity index (χ4n) is 1.59. The number of hydrogen-bond acceptors (Lipinski definition) is 3. The molecule has 114 valence electrons. The summed E-state index contributed by atoms with van der Waals surface area (Å²) in [4.78, 5) is 12.0. The molecule has 0 aliphatic heterocycles. The van der Waals surface area contributed by atoms with Crippen molar-refractivity contribution in [3.63, 3.8) is 0 Å². The molecule has 0 saturated carbocycles. The van der Waals surface area contributed by atoms with E-state index in [9.17, 15) is 9.18 Å². The van der Waals surface area contributed by atoms with Crippen LogP contribution < -0.4 is 0 Å². The predicted molar refractivity (Wildman–Crippen MR) is 81.4 cm³/mol. The number of carbonyl (C=O) groups is 1. The smallest absolute Gasteiger partial charge is 0.319 e. The zero-order valence-corrected chi connectivity index (χ0v) is 13.6. The summed E-state index contributed by atoms with van der Waals surface area (Å²) in [5.74, 6) is 1.10. The number of alkyl halides is 1. The van der Waals surface area contributed by atoms with Crippen LogP contribution in [0, 0.1) is 5.92 Å². The molecule has 0 spiro atoms. The lowest BCUT2D eigenvalue weighted by molar-refractivity contribution is -0.144. The molecule has 4 heteroatoms. The number of unbranched alkanes of at least 4 members (excludes halogenated alkanes) is 1. The van der Waals surface area contributed by atoms with Crippen LogP contribution >= 0.6 is 11.8 Å². The zero-order chi connectivity index (χ0) is 14.7. The monoisotopic (exact) mass is 292 g/mol. The van der Waals surface area contributed by atoms with Crippen LogP contribution in [0.3, 0.4) is 0 Å². The Hall–Kier alpha value is -0.250. The van der Waals surface area contributed by atoms with Crippen molar-refractivity contribution < 1.29 is 13.9 Å². The summed E-state index contributed by atoms with van der Waals surface area (Å²) in [7, 11) is 0. The molecule has 0 rings (SSSR count). The maximum Gasteiger partial charge on any atom is 0.319 e. The standard InChI is InChI=1S/C15H29FO2S/c1-5-6-9-14(15(17)18-11-12(2)3)19-10-7-8-13(4)16/h12-14H,5-11H2,1-4H3. The average molecular weight is 292 g/mol. The molecule has 0 saturated heterocycles. The molecule has 0 amide bonds. The molecular weight excluding hydrogens is 263 g/mol. The molecular formula is C15H29FO2S. The molecule has 0 N–H and O–H groups in total. The maximum atomic E-state index is 12.7. The summed E-state index contributed by atoms with van der Waals surface area (Å²) in [6, 6.07) is 0. The largest absolute Gasteiger partial charge is 0.465 e. The molecule has 0 aromatic rings. The highest BCUT2D eigenvalue weighted by molar-refractivity contribution is 8.00. The van der Waals surface area contributed by atoms with Crippen LogP contribution in [0.2, 0.25) is 0 Å².